The zero-order valence-electron chi connectivity index (χ0n) is 14.5. The van der Waals surface area contributed by atoms with E-state index in [1.165, 1.54) is 0 Å². The predicted octanol–water partition coefficient (Wildman–Crippen LogP) is 2.92. The van der Waals surface area contributed by atoms with Gasteiger partial charge in [-0.25, -0.2) is 0 Å². The highest BCUT2D eigenvalue weighted by Gasteiger charge is 2.33. The van der Waals surface area contributed by atoms with Gasteiger partial charge >= 0.3 is 0 Å². The SMILES string of the molecule is CCCCNc1ccccc1C(=O)N1CCO[C@H]([C@H]2CCCO2)C1. The first-order valence-electron chi connectivity index (χ1n) is 9.15. The summed E-state index contributed by atoms with van der Waals surface area (Å²) in [5, 5.41) is 3.40. The van der Waals surface area contributed by atoms with Gasteiger partial charge in [0.2, 0.25) is 0 Å². The molecular formula is C19H28N2O3. The van der Waals surface area contributed by atoms with Gasteiger partial charge in [-0.05, 0) is 31.4 Å². The molecule has 1 aromatic carbocycles. The largest absolute Gasteiger partial charge is 0.384 e. The van der Waals surface area contributed by atoms with Crippen LogP contribution in [0.5, 0.6) is 0 Å². The molecule has 1 N–H and O–H groups in total. The van der Waals surface area contributed by atoms with Crippen LogP contribution in [0, 0.1) is 0 Å². The molecule has 3 rings (SSSR count). The van der Waals surface area contributed by atoms with Gasteiger partial charge in [-0.2, -0.15) is 0 Å². The van der Waals surface area contributed by atoms with Crippen molar-refractivity contribution in [1.29, 1.82) is 0 Å². The van der Waals surface area contributed by atoms with Crippen molar-refractivity contribution >= 4 is 11.6 Å². The summed E-state index contributed by atoms with van der Waals surface area (Å²) in [4.78, 5) is 14.9. The summed E-state index contributed by atoms with van der Waals surface area (Å²) in [7, 11) is 0. The molecule has 2 aliphatic rings. The number of ether oxygens (including phenoxy) is 2. The van der Waals surface area contributed by atoms with E-state index in [0.29, 0.717) is 19.7 Å². The Morgan fingerprint density at radius 1 is 1.25 bits per heavy atom. The van der Waals surface area contributed by atoms with E-state index in [4.69, 9.17) is 9.47 Å². The van der Waals surface area contributed by atoms with Crippen LogP contribution in [0.4, 0.5) is 5.69 Å². The fourth-order valence-electron chi connectivity index (χ4n) is 3.37. The minimum atomic E-state index is 0.00501. The number of unbranched alkanes of at least 4 members (excludes halogenated alkanes) is 1. The first-order chi connectivity index (χ1) is 11.8. The number of hydrogen-bond acceptors (Lipinski definition) is 4. The van der Waals surface area contributed by atoms with Crippen LogP contribution in [-0.4, -0.2) is 55.9 Å². The molecule has 0 bridgehead atoms. The number of hydrogen-bond donors (Lipinski definition) is 1. The Balaban J connectivity index is 1.66. The summed E-state index contributed by atoms with van der Waals surface area (Å²) in [6, 6.07) is 7.80. The van der Waals surface area contributed by atoms with E-state index in [-0.39, 0.29) is 18.1 Å². The molecule has 0 radical (unpaired) electrons. The molecule has 2 heterocycles. The molecule has 2 atom stereocenters. The Labute approximate surface area is 144 Å². The molecule has 5 heteroatoms. The second kappa shape index (κ2) is 8.49. The molecule has 2 aliphatic heterocycles. The maximum Gasteiger partial charge on any atom is 0.256 e. The Morgan fingerprint density at radius 3 is 2.88 bits per heavy atom. The highest BCUT2D eigenvalue weighted by Crippen LogP contribution is 2.23. The molecule has 5 nitrogen and oxygen atoms in total. The topological polar surface area (TPSA) is 50.8 Å². The van der Waals surface area contributed by atoms with Gasteiger partial charge in [0.25, 0.3) is 5.91 Å². The number of carbonyl (C=O) groups is 1. The van der Waals surface area contributed by atoms with Crippen molar-refractivity contribution in [1.82, 2.24) is 4.90 Å². The average Bonchev–Trinajstić information content (AvgIpc) is 3.17. The van der Waals surface area contributed by atoms with Crippen LogP contribution >= 0.6 is 0 Å². The lowest BCUT2D eigenvalue weighted by molar-refractivity contribution is -0.0867. The van der Waals surface area contributed by atoms with Gasteiger partial charge in [-0.3, -0.25) is 4.79 Å². The molecular weight excluding hydrogens is 304 g/mol. The van der Waals surface area contributed by atoms with Gasteiger partial charge in [-0.1, -0.05) is 25.5 Å². The number of carbonyl (C=O) groups excluding carboxylic acids is 1. The third-order valence-corrected chi connectivity index (χ3v) is 4.76. The van der Waals surface area contributed by atoms with Crippen molar-refractivity contribution in [3.63, 3.8) is 0 Å². The normalized spacial score (nSPS) is 24.1. The summed E-state index contributed by atoms with van der Waals surface area (Å²) >= 11 is 0. The third-order valence-electron chi connectivity index (χ3n) is 4.76. The van der Waals surface area contributed by atoms with Crippen molar-refractivity contribution < 1.29 is 14.3 Å². The van der Waals surface area contributed by atoms with E-state index in [9.17, 15) is 4.79 Å². The van der Waals surface area contributed by atoms with Crippen molar-refractivity contribution in [3.8, 4) is 0 Å². The van der Waals surface area contributed by atoms with Crippen molar-refractivity contribution in [3.05, 3.63) is 29.8 Å². The lowest BCUT2D eigenvalue weighted by Gasteiger charge is -2.35. The maximum atomic E-state index is 13.0. The second-order valence-electron chi connectivity index (χ2n) is 6.54. The Morgan fingerprint density at radius 2 is 2.08 bits per heavy atom. The number of nitrogens with zero attached hydrogens (tertiary/aromatic N) is 1. The van der Waals surface area contributed by atoms with Crippen molar-refractivity contribution in [2.75, 3.05) is 38.2 Å². The number of benzene rings is 1. The first-order valence-corrected chi connectivity index (χ1v) is 9.15. The Hall–Kier alpha value is -1.59. The smallest absolute Gasteiger partial charge is 0.256 e. The fourth-order valence-corrected chi connectivity index (χ4v) is 3.37. The van der Waals surface area contributed by atoms with Crippen LogP contribution in [0.25, 0.3) is 0 Å². The van der Waals surface area contributed by atoms with Gasteiger partial charge in [0, 0.05) is 31.9 Å². The molecule has 2 fully saturated rings. The molecule has 24 heavy (non-hydrogen) atoms. The first kappa shape index (κ1) is 17.2. The van der Waals surface area contributed by atoms with E-state index in [1.54, 1.807) is 0 Å². The van der Waals surface area contributed by atoms with E-state index in [0.717, 1.165) is 50.1 Å². The maximum absolute atomic E-state index is 13.0. The summed E-state index contributed by atoms with van der Waals surface area (Å²) in [6.07, 6.45) is 4.49. The molecule has 1 amide bonds. The summed E-state index contributed by atoms with van der Waals surface area (Å²) in [6.45, 7) is 5.71. The van der Waals surface area contributed by atoms with E-state index in [1.807, 2.05) is 29.2 Å². The molecule has 1 aromatic rings. The van der Waals surface area contributed by atoms with Crippen LogP contribution in [0.1, 0.15) is 43.0 Å². The second-order valence-corrected chi connectivity index (χ2v) is 6.54. The number of amides is 1. The summed E-state index contributed by atoms with van der Waals surface area (Å²) in [5.41, 5.74) is 1.68. The highest BCUT2D eigenvalue weighted by molar-refractivity contribution is 5.99. The van der Waals surface area contributed by atoms with Crippen molar-refractivity contribution in [2.45, 2.75) is 44.8 Å². The zero-order valence-corrected chi connectivity index (χ0v) is 14.5. The molecule has 0 aromatic heterocycles. The molecule has 0 saturated carbocycles. The van der Waals surface area contributed by atoms with Crippen molar-refractivity contribution in [2.24, 2.45) is 0 Å². The van der Waals surface area contributed by atoms with Crippen LogP contribution in [0.15, 0.2) is 24.3 Å². The van der Waals surface area contributed by atoms with Gasteiger partial charge in [0.1, 0.15) is 6.10 Å². The summed E-state index contributed by atoms with van der Waals surface area (Å²) < 4.78 is 11.6. The van der Waals surface area contributed by atoms with Gasteiger partial charge in [0.15, 0.2) is 0 Å². The molecule has 2 saturated heterocycles. The quantitative estimate of drug-likeness (QED) is 0.814. The van der Waals surface area contributed by atoms with Crippen LogP contribution in [-0.2, 0) is 9.47 Å². The number of para-hydroxylation sites is 1. The molecule has 132 valence electrons. The number of nitrogens with one attached hydrogen (secondary N) is 1. The molecule has 0 spiro atoms. The number of anilines is 1. The van der Waals surface area contributed by atoms with Gasteiger partial charge in [-0.15, -0.1) is 0 Å². The lowest BCUT2D eigenvalue weighted by atomic mass is 10.1. The Bertz CT molecular complexity index is 543. The minimum Gasteiger partial charge on any atom is -0.384 e. The lowest BCUT2D eigenvalue weighted by Crippen LogP contribution is -2.49. The number of morpholine rings is 1. The molecule has 0 aliphatic carbocycles. The van der Waals surface area contributed by atoms with Crippen LogP contribution in [0.2, 0.25) is 0 Å². The van der Waals surface area contributed by atoms with Gasteiger partial charge < -0.3 is 19.7 Å². The standard InChI is InChI=1S/C19H28N2O3/c1-2-3-10-20-16-8-5-4-7-15(16)19(22)21-11-13-24-18(14-21)17-9-6-12-23-17/h4-5,7-8,17-18,20H,2-3,6,9-14H2,1H3/t17-,18+/m1/s1. The third kappa shape index (κ3) is 4.08. The van der Waals surface area contributed by atoms with E-state index < -0.39 is 0 Å². The fraction of sp³-hybridized carbons (Fsp3) is 0.632. The van der Waals surface area contributed by atoms with E-state index in [2.05, 4.69) is 12.2 Å². The monoisotopic (exact) mass is 332 g/mol. The minimum absolute atomic E-state index is 0.00501. The van der Waals surface area contributed by atoms with E-state index >= 15 is 0 Å². The Kier molecular flexibility index (Phi) is 6.10. The highest BCUT2D eigenvalue weighted by atomic mass is 16.5. The zero-order chi connectivity index (χ0) is 16.8. The van der Waals surface area contributed by atoms with Crippen LogP contribution in [0.3, 0.4) is 0 Å². The average molecular weight is 332 g/mol. The predicted molar refractivity (Wildman–Crippen MR) is 94.5 cm³/mol. The van der Waals surface area contributed by atoms with Crippen LogP contribution < -0.4 is 5.32 Å². The van der Waals surface area contributed by atoms with Gasteiger partial charge in [0.05, 0.1) is 18.3 Å². The molecule has 0 unspecified atom stereocenters. The summed E-state index contributed by atoms with van der Waals surface area (Å²) in [5.74, 6) is 0.0842. The number of rotatable bonds is 6.